The standard InChI is InChI=1S/C17H26N2O/c1-17(2)10-8-15(9-11-17)19-14-6-4-13(5-7-14)12-16(20)18-3/h4-7,15,19H,8-12H2,1-3H3,(H,18,20). The molecule has 3 heteroatoms. The normalized spacial score (nSPS) is 18.6. The fourth-order valence-electron chi connectivity index (χ4n) is 2.77. The third-order valence-corrected chi connectivity index (χ3v) is 4.31. The van der Waals surface area contributed by atoms with Crippen LogP contribution in [0.3, 0.4) is 0 Å². The van der Waals surface area contributed by atoms with Crippen LogP contribution in [0.25, 0.3) is 0 Å². The predicted molar refractivity (Wildman–Crippen MR) is 83.9 cm³/mol. The molecule has 1 aliphatic carbocycles. The van der Waals surface area contributed by atoms with Gasteiger partial charge < -0.3 is 10.6 Å². The van der Waals surface area contributed by atoms with Crippen LogP contribution in [-0.2, 0) is 11.2 Å². The molecule has 1 aliphatic rings. The SMILES string of the molecule is CNC(=O)Cc1ccc(NC2CCC(C)(C)CC2)cc1. The second-order valence-electron chi connectivity index (χ2n) is 6.63. The van der Waals surface area contributed by atoms with E-state index in [1.54, 1.807) is 7.05 Å². The third kappa shape index (κ3) is 4.26. The fraction of sp³-hybridized carbons (Fsp3) is 0.588. The summed E-state index contributed by atoms with van der Waals surface area (Å²) < 4.78 is 0. The van der Waals surface area contributed by atoms with Gasteiger partial charge in [-0.25, -0.2) is 0 Å². The molecule has 0 atom stereocenters. The summed E-state index contributed by atoms with van der Waals surface area (Å²) >= 11 is 0. The molecular weight excluding hydrogens is 248 g/mol. The highest BCUT2D eigenvalue weighted by Gasteiger charge is 2.26. The number of carbonyl (C=O) groups excluding carboxylic acids is 1. The Balaban J connectivity index is 1.86. The van der Waals surface area contributed by atoms with Gasteiger partial charge in [-0.2, -0.15) is 0 Å². The number of hydrogen-bond acceptors (Lipinski definition) is 2. The first-order valence-electron chi connectivity index (χ1n) is 7.54. The zero-order valence-corrected chi connectivity index (χ0v) is 12.8. The van der Waals surface area contributed by atoms with Crippen LogP contribution in [-0.4, -0.2) is 19.0 Å². The number of amides is 1. The van der Waals surface area contributed by atoms with Crippen LogP contribution in [0.1, 0.15) is 45.1 Å². The van der Waals surface area contributed by atoms with E-state index in [9.17, 15) is 4.79 Å². The second-order valence-corrected chi connectivity index (χ2v) is 6.63. The minimum Gasteiger partial charge on any atom is -0.382 e. The average Bonchev–Trinajstić information content (AvgIpc) is 2.43. The van der Waals surface area contributed by atoms with E-state index >= 15 is 0 Å². The van der Waals surface area contributed by atoms with Crippen LogP contribution in [0.5, 0.6) is 0 Å². The molecule has 1 fully saturated rings. The van der Waals surface area contributed by atoms with Gasteiger partial charge in [0.1, 0.15) is 0 Å². The zero-order chi connectivity index (χ0) is 14.6. The van der Waals surface area contributed by atoms with Crippen LogP contribution in [0.2, 0.25) is 0 Å². The van der Waals surface area contributed by atoms with Gasteiger partial charge >= 0.3 is 0 Å². The van der Waals surface area contributed by atoms with Gasteiger partial charge in [-0.1, -0.05) is 26.0 Å². The molecule has 0 heterocycles. The van der Waals surface area contributed by atoms with E-state index in [2.05, 4.69) is 36.6 Å². The van der Waals surface area contributed by atoms with E-state index in [-0.39, 0.29) is 5.91 Å². The van der Waals surface area contributed by atoms with Crippen LogP contribution < -0.4 is 10.6 Å². The van der Waals surface area contributed by atoms with Gasteiger partial charge in [-0.3, -0.25) is 4.79 Å². The summed E-state index contributed by atoms with van der Waals surface area (Å²) in [6.45, 7) is 4.72. The molecule has 3 nitrogen and oxygen atoms in total. The van der Waals surface area contributed by atoms with Gasteiger partial charge in [0, 0.05) is 18.8 Å². The molecule has 1 amide bonds. The molecule has 20 heavy (non-hydrogen) atoms. The topological polar surface area (TPSA) is 41.1 Å². The molecular formula is C17H26N2O. The summed E-state index contributed by atoms with van der Waals surface area (Å²) in [4.78, 5) is 11.3. The number of carbonyl (C=O) groups is 1. The van der Waals surface area contributed by atoms with Gasteiger partial charge in [0.25, 0.3) is 0 Å². The van der Waals surface area contributed by atoms with Crippen molar-refractivity contribution < 1.29 is 4.79 Å². The highest BCUT2D eigenvalue weighted by molar-refractivity contribution is 5.78. The Kier molecular flexibility index (Phi) is 4.69. The molecule has 0 bridgehead atoms. The van der Waals surface area contributed by atoms with Crippen molar-refractivity contribution in [2.75, 3.05) is 12.4 Å². The molecule has 0 aliphatic heterocycles. The van der Waals surface area contributed by atoms with Gasteiger partial charge in [0.15, 0.2) is 0 Å². The molecule has 2 rings (SSSR count). The maximum absolute atomic E-state index is 11.3. The molecule has 1 aromatic carbocycles. The zero-order valence-electron chi connectivity index (χ0n) is 12.8. The molecule has 1 saturated carbocycles. The first-order valence-corrected chi connectivity index (χ1v) is 7.54. The highest BCUT2D eigenvalue weighted by atomic mass is 16.1. The predicted octanol–water partition coefficient (Wildman–Crippen LogP) is 3.36. The average molecular weight is 274 g/mol. The summed E-state index contributed by atoms with van der Waals surface area (Å²) in [6.07, 6.45) is 5.52. The van der Waals surface area contributed by atoms with Crippen molar-refractivity contribution in [1.29, 1.82) is 0 Å². The molecule has 0 unspecified atom stereocenters. The van der Waals surface area contributed by atoms with Crippen molar-refractivity contribution >= 4 is 11.6 Å². The molecule has 0 saturated heterocycles. The smallest absolute Gasteiger partial charge is 0.224 e. The maximum atomic E-state index is 11.3. The van der Waals surface area contributed by atoms with Gasteiger partial charge in [0.05, 0.1) is 6.42 Å². The third-order valence-electron chi connectivity index (χ3n) is 4.31. The lowest BCUT2D eigenvalue weighted by molar-refractivity contribution is -0.119. The lowest BCUT2D eigenvalue weighted by atomic mass is 9.75. The Bertz CT molecular complexity index is 441. The van der Waals surface area contributed by atoms with Crippen molar-refractivity contribution in [3.8, 4) is 0 Å². The van der Waals surface area contributed by atoms with Crippen molar-refractivity contribution in [2.24, 2.45) is 5.41 Å². The van der Waals surface area contributed by atoms with Crippen LogP contribution in [0.4, 0.5) is 5.69 Å². The lowest BCUT2D eigenvalue weighted by Gasteiger charge is -2.35. The quantitative estimate of drug-likeness (QED) is 0.884. The number of likely N-dealkylation sites (N-methyl/N-ethyl adjacent to an activating group) is 1. The Morgan fingerprint density at radius 2 is 1.80 bits per heavy atom. The van der Waals surface area contributed by atoms with Gasteiger partial charge in [-0.05, 0) is 48.8 Å². The van der Waals surface area contributed by atoms with E-state index in [1.807, 2.05) is 12.1 Å². The molecule has 110 valence electrons. The number of nitrogens with one attached hydrogen (secondary N) is 2. The number of hydrogen-bond donors (Lipinski definition) is 2. The first kappa shape index (κ1) is 14.9. The number of anilines is 1. The van der Waals surface area contributed by atoms with E-state index < -0.39 is 0 Å². The summed E-state index contributed by atoms with van der Waals surface area (Å²) in [5.41, 5.74) is 2.73. The van der Waals surface area contributed by atoms with Crippen molar-refractivity contribution in [3.05, 3.63) is 29.8 Å². The molecule has 0 radical (unpaired) electrons. The summed E-state index contributed by atoms with van der Waals surface area (Å²) in [5, 5.41) is 6.26. The minimum absolute atomic E-state index is 0.0558. The maximum Gasteiger partial charge on any atom is 0.224 e. The highest BCUT2D eigenvalue weighted by Crippen LogP contribution is 2.36. The number of benzene rings is 1. The number of rotatable bonds is 4. The van der Waals surface area contributed by atoms with Crippen molar-refractivity contribution in [3.63, 3.8) is 0 Å². The Morgan fingerprint density at radius 3 is 2.35 bits per heavy atom. The second kappa shape index (κ2) is 6.29. The Hall–Kier alpha value is -1.51. The summed E-state index contributed by atoms with van der Waals surface area (Å²) in [5.74, 6) is 0.0558. The molecule has 2 N–H and O–H groups in total. The Morgan fingerprint density at radius 1 is 1.20 bits per heavy atom. The van der Waals surface area contributed by atoms with E-state index in [4.69, 9.17) is 0 Å². The van der Waals surface area contributed by atoms with Crippen LogP contribution in [0, 0.1) is 5.41 Å². The van der Waals surface area contributed by atoms with Crippen LogP contribution in [0.15, 0.2) is 24.3 Å². The Labute approximate surface area is 122 Å². The van der Waals surface area contributed by atoms with Crippen LogP contribution >= 0.6 is 0 Å². The fourth-order valence-corrected chi connectivity index (χ4v) is 2.77. The summed E-state index contributed by atoms with van der Waals surface area (Å²) in [7, 11) is 1.67. The van der Waals surface area contributed by atoms with Crippen molar-refractivity contribution in [1.82, 2.24) is 5.32 Å². The lowest BCUT2D eigenvalue weighted by Crippen LogP contribution is -2.29. The van der Waals surface area contributed by atoms with E-state index in [0.717, 1.165) is 11.3 Å². The molecule has 0 aromatic heterocycles. The molecule has 1 aromatic rings. The van der Waals surface area contributed by atoms with Gasteiger partial charge in [0.2, 0.25) is 5.91 Å². The molecule has 0 spiro atoms. The van der Waals surface area contributed by atoms with E-state index in [0.29, 0.717) is 17.9 Å². The minimum atomic E-state index is 0.0558. The largest absolute Gasteiger partial charge is 0.382 e. The summed E-state index contributed by atoms with van der Waals surface area (Å²) in [6, 6.07) is 8.82. The van der Waals surface area contributed by atoms with E-state index in [1.165, 1.54) is 25.7 Å². The van der Waals surface area contributed by atoms with Gasteiger partial charge in [-0.15, -0.1) is 0 Å². The first-order chi connectivity index (χ1) is 9.48. The van der Waals surface area contributed by atoms with Crippen molar-refractivity contribution in [2.45, 2.75) is 52.0 Å². The monoisotopic (exact) mass is 274 g/mol.